The molecule has 2 atom stereocenters. The molecule has 2 amide bonds. The van der Waals surface area contributed by atoms with E-state index in [1.54, 1.807) is 6.07 Å². The van der Waals surface area contributed by atoms with Crippen LogP contribution in [0.1, 0.15) is 25.3 Å². The molecule has 158 valence electrons. The van der Waals surface area contributed by atoms with Crippen LogP contribution in [0.3, 0.4) is 0 Å². The highest BCUT2D eigenvalue weighted by Gasteiger charge is 2.31. The van der Waals surface area contributed by atoms with Crippen LogP contribution in [0.15, 0.2) is 24.3 Å². The van der Waals surface area contributed by atoms with Crippen molar-refractivity contribution in [2.75, 3.05) is 18.4 Å². The molecule has 2 aromatic heterocycles. The van der Waals surface area contributed by atoms with E-state index >= 15 is 0 Å². The number of anilines is 1. The third-order valence-corrected chi connectivity index (χ3v) is 5.86. The third-order valence-electron chi connectivity index (χ3n) is 4.97. The third kappa shape index (κ3) is 4.54. The molecule has 10 heteroatoms. The van der Waals surface area contributed by atoms with Crippen LogP contribution in [-0.2, 0) is 0 Å². The molecule has 8 nitrogen and oxygen atoms in total. The van der Waals surface area contributed by atoms with E-state index < -0.39 is 6.17 Å². The number of amides is 2. The van der Waals surface area contributed by atoms with Gasteiger partial charge in [0.25, 0.3) is 0 Å². The summed E-state index contributed by atoms with van der Waals surface area (Å²) in [6.07, 6.45) is -0.534. The predicted octanol–water partition coefficient (Wildman–Crippen LogP) is 3.40. The molecule has 1 fully saturated rings. The first kappa shape index (κ1) is 20.5. The average Bonchev–Trinajstić information content (AvgIpc) is 3.15. The standard InChI is InChI=1S/C20H24FN7OS/c1-11(2)22-17-6-7-28(10-15(17)21)20(29)23-18-9-14-8-13(4-5-16(14)25-26-18)19-27-24-12(3)30-19/h4-5,8-9,11,15,17,22H,6-7,10H2,1-3H3,(H,23,26,29)/t15-,17+/m1/s1. The highest BCUT2D eigenvalue weighted by molar-refractivity contribution is 7.14. The number of alkyl halides is 1. The topological polar surface area (TPSA) is 95.9 Å². The van der Waals surface area contributed by atoms with Crippen LogP contribution in [0.5, 0.6) is 0 Å². The molecule has 0 spiro atoms. The zero-order chi connectivity index (χ0) is 21.3. The molecule has 1 aromatic carbocycles. The lowest BCUT2D eigenvalue weighted by Gasteiger charge is -2.35. The number of likely N-dealkylation sites (tertiary alicyclic amines) is 1. The van der Waals surface area contributed by atoms with E-state index in [1.165, 1.54) is 16.2 Å². The van der Waals surface area contributed by atoms with E-state index in [2.05, 4.69) is 31.0 Å². The van der Waals surface area contributed by atoms with E-state index in [9.17, 15) is 9.18 Å². The Labute approximate surface area is 177 Å². The van der Waals surface area contributed by atoms with Gasteiger partial charge in [-0.15, -0.1) is 20.4 Å². The van der Waals surface area contributed by atoms with Crippen molar-refractivity contribution in [3.8, 4) is 10.6 Å². The van der Waals surface area contributed by atoms with E-state index in [0.717, 1.165) is 21.0 Å². The van der Waals surface area contributed by atoms with Gasteiger partial charge < -0.3 is 10.2 Å². The highest BCUT2D eigenvalue weighted by atomic mass is 32.1. The van der Waals surface area contributed by atoms with Crippen LogP contribution in [-0.4, -0.2) is 62.7 Å². The fourth-order valence-corrected chi connectivity index (χ4v) is 4.23. The molecular formula is C20H24FN7OS. The van der Waals surface area contributed by atoms with Crippen molar-refractivity contribution >= 4 is 34.1 Å². The van der Waals surface area contributed by atoms with Crippen molar-refractivity contribution < 1.29 is 9.18 Å². The summed E-state index contributed by atoms with van der Waals surface area (Å²) in [6.45, 7) is 6.42. The molecule has 0 bridgehead atoms. The molecule has 3 heterocycles. The number of halogens is 1. The molecule has 1 aliphatic rings. The number of nitrogens with one attached hydrogen (secondary N) is 2. The lowest BCUT2D eigenvalue weighted by atomic mass is 10.0. The van der Waals surface area contributed by atoms with Crippen LogP contribution in [0.4, 0.5) is 15.0 Å². The van der Waals surface area contributed by atoms with Crippen molar-refractivity contribution in [3.05, 3.63) is 29.3 Å². The number of fused-ring (bicyclic) bond motifs is 1. The van der Waals surface area contributed by atoms with E-state index in [4.69, 9.17) is 0 Å². The van der Waals surface area contributed by atoms with Crippen LogP contribution in [0.25, 0.3) is 21.5 Å². The van der Waals surface area contributed by atoms with Crippen molar-refractivity contribution in [1.82, 2.24) is 30.6 Å². The van der Waals surface area contributed by atoms with Crippen LogP contribution in [0, 0.1) is 6.92 Å². The first-order chi connectivity index (χ1) is 14.4. The normalized spacial score (nSPS) is 19.4. The minimum absolute atomic E-state index is 0.0533. The van der Waals surface area contributed by atoms with Gasteiger partial charge in [0.15, 0.2) is 5.82 Å². The first-order valence-electron chi connectivity index (χ1n) is 9.93. The maximum Gasteiger partial charge on any atom is 0.323 e. The van der Waals surface area contributed by atoms with Crippen LogP contribution < -0.4 is 10.6 Å². The number of carbonyl (C=O) groups excluding carboxylic acids is 1. The SMILES string of the molecule is Cc1nnc(-c2ccc3nnc(NC(=O)N4CC[C@H](NC(C)C)[C@H](F)C4)cc3c2)s1. The maximum absolute atomic E-state index is 14.5. The van der Waals surface area contributed by atoms with Crippen molar-refractivity contribution in [1.29, 1.82) is 0 Å². The molecule has 1 saturated heterocycles. The van der Waals surface area contributed by atoms with Crippen molar-refractivity contribution in [2.45, 2.75) is 45.4 Å². The minimum Gasteiger partial charge on any atom is -0.321 e. The summed E-state index contributed by atoms with van der Waals surface area (Å²) in [6, 6.07) is 7.10. The Morgan fingerprint density at radius 1 is 1.23 bits per heavy atom. The van der Waals surface area contributed by atoms with E-state index in [1.807, 2.05) is 39.0 Å². The largest absolute Gasteiger partial charge is 0.323 e. The molecule has 0 unspecified atom stereocenters. The molecule has 0 aliphatic carbocycles. The number of carbonyl (C=O) groups is 1. The van der Waals surface area contributed by atoms with Crippen molar-refractivity contribution in [3.63, 3.8) is 0 Å². The quantitative estimate of drug-likeness (QED) is 0.660. The fourth-order valence-electron chi connectivity index (χ4n) is 3.55. The highest BCUT2D eigenvalue weighted by Crippen LogP contribution is 2.27. The summed E-state index contributed by atoms with van der Waals surface area (Å²) in [4.78, 5) is 14.1. The summed E-state index contributed by atoms with van der Waals surface area (Å²) in [5.74, 6) is 0.330. The molecule has 3 aromatic rings. The maximum atomic E-state index is 14.5. The molecule has 2 N–H and O–H groups in total. The van der Waals surface area contributed by atoms with Gasteiger partial charge in [0.05, 0.1) is 12.1 Å². The summed E-state index contributed by atoms with van der Waals surface area (Å²) in [5.41, 5.74) is 1.64. The molecule has 1 aliphatic heterocycles. The van der Waals surface area contributed by atoms with Gasteiger partial charge >= 0.3 is 6.03 Å². The Morgan fingerprint density at radius 3 is 2.77 bits per heavy atom. The number of urea groups is 1. The number of hydrogen-bond acceptors (Lipinski definition) is 7. The van der Waals surface area contributed by atoms with Gasteiger partial charge in [-0.25, -0.2) is 9.18 Å². The second kappa shape index (κ2) is 8.57. The summed E-state index contributed by atoms with van der Waals surface area (Å²) in [7, 11) is 0. The number of aromatic nitrogens is 4. The van der Waals surface area contributed by atoms with Gasteiger partial charge in [-0.1, -0.05) is 25.2 Å². The smallest absolute Gasteiger partial charge is 0.321 e. The van der Waals surface area contributed by atoms with Gasteiger partial charge in [-0.3, -0.25) is 5.32 Å². The number of hydrogen-bond donors (Lipinski definition) is 2. The van der Waals surface area contributed by atoms with Crippen LogP contribution >= 0.6 is 11.3 Å². The molecule has 0 saturated carbocycles. The second-order valence-electron chi connectivity index (χ2n) is 7.74. The Kier molecular flexibility index (Phi) is 5.87. The number of aryl methyl sites for hydroxylation is 1. The Balaban J connectivity index is 1.46. The molecule has 4 rings (SSSR count). The second-order valence-corrected chi connectivity index (χ2v) is 8.92. The lowest BCUT2D eigenvalue weighted by molar-refractivity contribution is 0.119. The molecule has 30 heavy (non-hydrogen) atoms. The zero-order valence-electron chi connectivity index (χ0n) is 17.1. The number of piperidine rings is 1. The van der Waals surface area contributed by atoms with Crippen LogP contribution in [0.2, 0.25) is 0 Å². The van der Waals surface area contributed by atoms with E-state index in [0.29, 0.717) is 24.3 Å². The Hall–Kier alpha value is -2.72. The van der Waals surface area contributed by atoms with Gasteiger partial charge in [-0.2, -0.15) is 0 Å². The Bertz CT molecular complexity index is 1060. The minimum atomic E-state index is -1.10. The van der Waals surface area contributed by atoms with Gasteiger partial charge in [-0.05, 0) is 37.6 Å². The molecular weight excluding hydrogens is 405 g/mol. The summed E-state index contributed by atoms with van der Waals surface area (Å²) in [5, 5.41) is 25.0. The van der Waals surface area contributed by atoms with E-state index in [-0.39, 0.29) is 24.7 Å². The van der Waals surface area contributed by atoms with Gasteiger partial charge in [0.1, 0.15) is 16.2 Å². The average molecular weight is 430 g/mol. The van der Waals surface area contributed by atoms with Crippen molar-refractivity contribution in [2.24, 2.45) is 0 Å². The monoisotopic (exact) mass is 429 g/mol. The number of nitrogens with zero attached hydrogens (tertiary/aromatic N) is 5. The summed E-state index contributed by atoms with van der Waals surface area (Å²) < 4.78 is 14.5. The zero-order valence-corrected chi connectivity index (χ0v) is 17.9. The Morgan fingerprint density at radius 2 is 2.07 bits per heavy atom. The van der Waals surface area contributed by atoms with Gasteiger partial charge in [0.2, 0.25) is 0 Å². The number of rotatable bonds is 4. The fraction of sp³-hybridized carbons (Fsp3) is 0.450. The molecule has 0 radical (unpaired) electrons. The lowest BCUT2D eigenvalue weighted by Crippen LogP contribution is -2.54. The summed E-state index contributed by atoms with van der Waals surface area (Å²) >= 11 is 1.51. The predicted molar refractivity (Wildman–Crippen MR) is 115 cm³/mol. The first-order valence-corrected chi connectivity index (χ1v) is 10.7. The number of benzene rings is 1. The van der Waals surface area contributed by atoms with Gasteiger partial charge in [0, 0.05) is 29.6 Å².